The minimum absolute atomic E-state index is 0.624. The second-order valence-corrected chi connectivity index (χ2v) is 9.69. The summed E-state index contributed by atoms with van der Waals surface area (Å²) in [5.41, 5.74) is 6.11. The molecular formula is C36H27ClN2O. The van der Waals surface area contributed by atoms with Crippen LogP contribution in [0.1, 0.15) is 0 Å². The number of rotatable bonds is 8. The SMILES string of the molecule is Clc1cccc(Oc2cc(N(c3ccccc3)c3ccccc3)cc(N(c3ccccc3)c3ccccc3)c2)c1. The number of nitrogens with zero attached hydrogens (tertiary/aromatic N) is 2. The Labute approximate surface area is 240 Å². The number of para-hydroxylation sites is 4. The zero-order chi connectivity index (χ0) is 27.1. The molecule has 6 aromatic rings. The lowest BCUT2D eigenvalue weighted by Gasteiger charge is -2.30. The molecule has 0 aliphatic heterocycles. The van der Waals surface area contributed by atoms with E-state index in [2.05, 4.69) is 125 Å². The number of ether oxygens (including phenoxy) is 1. The second-order valence-electron chi connectivity index (χ2n) is 9.26. The van der Waals surface area contributed by atoms with Gasteiger partial charge in [-0.25, -0.2) is 0 Å². The summed E-state index contributed by atoms with van der Waals surface area (Å²) < 4.78 is 6.45. The first-order chi connectivity index (χ1) is 19.7. The van der Waals surface area contributed by atoms with Gasteiger partial charge in [0.15, 0.2) is 0 Å². The van der Waals surface area contributed by atoms with Crippen LogP contribution in [0.5, 0.6) is 11.5 Å². The van der Waals surface area contributed by atoms with Crippen molar-refractivity contribution in [2.24, 2.45) is 0 Å². The Morgan fingerprint density at radius 2 is 0.750 bits per heavy atom. The molecule has 0 amide bonds. The third-order valence-corrected chi connectivity index (χ3v) is 6.72. The molecule has 0 aromatic heterocycles. The maximum Gasteiger partial charge on any atom is 0.131 e. The molecule has 194 valence electrons. The molecule has 0 atom stereocenters. The normalized spacial score (nSPS) is 10.6. The van der Waals surface area contributed by atoms with Gasteiger partial charge < -0.3 is 14.5 Å². The van der Waals surface area contributed by atoms with Crippen molar-refractivity contribution in [3.8, 4) is 11.5 Å². The van der Waals surface area contributed by atoms with E-state index in [-0.39, 0.29) is 0 Å². The number of halogens is 1. The van der Waals surface area contributed by atoms with Gasteiger partial charge in [0.05, 0.1) is 11.4 Å². The van der Waals surface area contributed by atoms with Crippen LogP contribution in [-0.2, 0) is 0 Å². The molecular weight excluding hydrogens is 512 g/mol. The monoisotopic (exact) mass is 538 g/mol. The van der Waals surface area contributed by atoms with E-state index in [0.717, 1.165) is 34.1 Å². The molecule has 4 heteroatoms. The Kier molecular flexibility index (Phi) is 7.47. The van der Waals surface area contributed by atoms with Crippen molar-refractivity contribution < 1.29 is 4.74 Å². The fourth-order valence-electron chi connectivity index (χ4n) is 4.75. The molecule has 3 nitrogen and oxygen atoms in total. The first-order valence-corrected chi connectivity index (χ1v) is 13.5. The van der Waals surface area contributed by atoms with Crippen molar-refractivity contribution in [3.05, 3.63) is 169 Å². The van der Waals surface area contributed by atoms with Gasteiger partial charge in [0, 0.05) is 39.9 Å². The molecule has 0 aliphatic carbocycles. The minimum Gasteiger partial charge on any atom is -0.457 e. The highest BCUT2D eigenvalue weighted by atomic mass is 35.5. The summed E-state index contributed by atoms with van der Waals surface area (Å²) in [6, 6.07) is 55.3. The molecule has 0 fully saturated rings. The molecule has 40 heavy (non-hydrogen) atoms. The van der Waals surface area contributed by atoms with Crippen molar-refractivity contribution in [1.82, 2.24) is 0 Å². The summed E-state index contributed by atoms with van der Waals surface area (Å²) in [5, 5.41) is 0.624. The van der Waals surface area contributed by atoms with Crippen molar-refractivity contribution in [2.75, 3.05) is 9.80 Å². The van der Waals surface area contributed by atoms with Crippen molar-refractivity contribution >= 4 is 45.7 Å². The van der Waals surface area contributed by atoms with Gasteiger partial charge >= 0.3 is 0 Å². The third kappa shape index (κ3) is 5.70. The lowest BCUT2D eigenvalue weighted by molar-refractivity contribution is 0.483. The van der Waals surface area contributed by atoms with E-state index < -0.39 is 0 Å². The Balaban J connectivity index is 1.57. The van der Waals surface area contributed by atoms with Crippen LogP contribution in [0.25, 0.3) is 0 Å². The standard InChI is InChI=1S/C36H27ClN2O/c37-28-14-13-23-35(24-28)40-36-26-33(38(29-15-5-1-6-16-29)30-17-7-2-8-18-30)25-34(27-36)39(31-19-9-3-10-20-31)32-21-11-4-12-22-32/h1-27H. The second kappa shape index (κ2) is 11.8. The highest BCUT2D eigenvalue weighted by molar-refractivity contribution is 6.30. The maximum absolute atomic E-state index is 6.45. The summed E-state index contributed by atoms with van der Waals surface area (Å²) in [5.74, 6) is 1.37. The van der Waals surface area contributed by atoms with Crippen molar-refractivity contribution in [3.63, 3.8) is 0 Å². The first kappa shape index (κ1) is 25.3. The van der Waals surface area contributed by atoms with Crippen LogP contribution in [0.15, 0.2) is 164 Å². The molecule has 6 rings (SSSR count). The van der Waals surface area contributed by atoms with Gasteiger partial charge in [-0.1, -0.05) is 90.5 Å². The molecule has 6 aromatic carbocycles. The van der Waals surface area contributed by atoms with Gasteiger partial charge in [-0.05, 0) is 72.8 Å². The molecule has 0 spiro atoms. The Bertz CT molecular complexity index is 1500. The predicted octanol–water partition coefficient (Wildman–Crippen LogP) is 11.1. The van der Waals surface area contributed by atoms with Gasteiger partial charge in [-0.2, -0.15) is 0 Å². The van der Waals surface area contributed by atoms with Gasteiger partial charge in [0.1, 0.15) is 11.5 Å². The largest absolute Gasteiger partial charge is 0.457 e. The maximum atomic E-state index is 6.45. The van der Waals surface area contributed by atoms with Gasteiger partial charge in [-0.15, -0.1) is 0 Å². The Morgan fingerprint density at radius 3 is 1.12 bits per heavy atom. The van der Waals surface area contributed by atoms with Gasteiger partial charge in [0.2, 0.25) is 0 Å². The summed E-state index contributed by atoms with van der Waals surface area (Å²) in [7, 11) is 0. The van der Waals surface area contributed by atoms with Crippen LogP contribution in [0.3, 0.4) is 0 Å². The predicted molar refractivity (Wildman–Crippen MR) is 167 cm³/mol. The number of hydrogen-bond acceptors (Lipinski definition) is 3. The smallest absolute Gasteiger partial charge is 0.131 e. The van der Waals surface area contributed by atoms with Gasteiger partial charge in [0.25, 0.3) is 0 Å². The molecule has 0 radical (unpaired) electrons. The van der Waals surface area contributed by atoms with Crippen LogP contribution < -0.4 is 14.5 Å². The molecule has 0 saturated carbocycles. The lowest BCUT2D eigenvalue weighted by atomic mass is 10.1. The summed E-state index contributed by atoms with van der Waals surface area (Å²) in [4.78, 5) is 4.48. The minimum atomic E-state index is 0.624. The number of anilines is 6. The Hall–Kier alpha value is -4.99. The van der Waals surface area contributed by atoms with E-state index >= 15 is 0 Å². The van der Waals surface area contributed by atoms with Crippen LogP contribution in [-0.4, -0.2) is 0 Å². The molecule has 0 N–H and O–H groups in total. The van der Waals surface area contributed by atoms with Crippen molar-refractivity contribution in [1.29, 1.82) is 0 Å². The highest BCUT2D eigenvalue weighted by Crippen LogP contribution is 2.43. The van der Waals surface area contributed by atoms with Crippen LogP contribution >= 0.6 is 11.6 Å². The van der Waals surface area contributed by atoms with E-state index in [1.807, 2.05) is 48.5 Å². The van der Waals surface area contributed by atoms with Crippen LogP contribution in [0, 0.1) is 0 Å². The fourth-order valence-corrected chi connectivity index (χ4v) is 4.93. The van der Waals surface area contributed by atoms with Crippen LogP contribution in [0.2, 0.25) is 5.02 Å². The van der Waals surface area contributed by atoms with Gasteiger partial charge in [-0.3, -0.25) is 0 Å². The third-order valence-electron chi connectivity index (χ3n) is 6.48. The molecule has 0 bridgehead atoms. The summed E-state index contributed by atoms with van der Waals surface area (Å²) in [6.07, 6.45) is 0. The van der Waals surface area contributed by atoms with E-state index in [1.54, 1.807) is 0 Å². The average Bonchev–Trinajstić information content (AvgIpc) is 3.00. The topological polar surface area (TPSA) is 15.7 Å². The number of benzene rings is 6. The Morgan fingerprint density at radius 1 is 0.350 bits per heavy atom. The zero-order valence-corrected chi connectivity index (χ0v) is 22.5. The highest BCUT2D eigenvalue weighted by Gasteiger charge is 2.19. The van der Waals surface area contributed by atoms with E-state index in [0.29, 0.717) is 16.5 Å². The van der Waals surface area contributed by atoms with E-state index in [4.69, 9.17) is 16.3 Å². The van der Waals surface area contributed by atoms with Crippen LogP contribution in [0.4, 0.5) is 34.1 Å². The molecule has 0 saturated heterocycles. The fraction of sp³-hybridized carbons (Fsp3) is 0. The quantitative estimate of drug-likeness (QED) is 0.191. The summed E-state index contributed by atoms with van der Waals surface area (Å²) >= 11 is 6.30. The van der Waals surface area contributed by atoms with E-state index in [1.165, 1.54) is 0 Å². The molecule has 0 heterocycles. The molecule has 0 unspecified atom stereocenters. The number of hydrogen-bond donors (Lipinski definition) is 0. The van der Waals surface area contributed by atoms with E-state index in [9.17, 15) is 0 Å². The molecule has 0 aliphatic rings. The first-order valence-electron chi connectivity index (χ1n) is 13.1. The average molecular weight is 539 g/mol. The zero-order valence-electron chi connectivity index (χ0n) is 21.8. The van der Waals surface area contributed by atoms with Crippen molar-refractivity contribution in [2.45, 2.75) is 0 Å². The summed E-state index contributed by atoms with van der Waals surface area (Å²) in [6.45, 7) is 0. The lowest BCUT2D eigenvalue weighted by Crippen LogP contribution is -2.13.